The summed E-state index contributed by atoms with van der Waals surface area (Å²) in [5.74, 6) is 0. The van der Waals surface area contributed by atoms with E-state index in [0.29, 0.717) is 0 Å². The van der Waals surface area contributed by atoms with Gasteiger partial charge in [-0.1, -0.05) is 146 Å². The van der Waals surface area contributed by atoms with E-state index < -0.39 is 5.41 Å². The van der Waals surface area contributed by atoms with Gasteiger partial charge in [0.05, 0.1) is 16.8 Å². The molecule has 2 aliphatic carbocycles. The molecule has 190 valence electrons. The minimum Gasteiger partial charge on any atom is -0.247 e. The number of hydrogen-bond acceptors (Lipinski definition) is 1. The molecule has 0 amide bonds. The molecule has 1 spiro atoms. The highest BCUT2D eigenvalue weighted by Crippen LogP contribution is 2.63. The standard InChI is InChI=1S/C40H25N/c1-2-13-26(14-3-1)27-15-12-16-28(25-27)38-32-20-5-4-19-31(32)37-39(41-38)33-21-8-11-24-36(33)40(37)34-22-9-6-17-29(34)30-18-7-10-23-35(30)40/h1-25H. The minimum absolute atomic E-state index is 0.407. The van der Waals surface area contributed by atoms with Crippen LogP contribution in [0.15, 0.2) is 152 Å². The van der Waals surface area contributed by atoms with Crippen LogP contribution in [-0.4, -0.2) is 4.98 Å². The molecule has 0 atom stereocenters. The van der Waals surface area contributed by atoms with Crippen LogP contribution < -0.4 is 0 Å². The Kier molecular flexibility index (Phi) is 4.60. The summed E-state index contributed by atoms with van der Waals surface area (Å²) in [5.41, 5.74) is 14.4. The first-order chi connectivity index (χ1) is 20.4. The molecule has 9 rings (SSSR count). The van der Waals surface area contributed by atoms with Gasteiger partial charge in [0.1, 0.15) is 0 Å². The van der Waals surface area contributed by atoms with E-state index in [1.54, 1.807) is 0 Å². The van der Waals surface area contributed by atoms with Crippen LogP contribution in [0.1, 0.15) is 22.3 Å². The Morgan fingerprint density at radius 3 is 1.59 bits per heavy atom. The second-order valence-electron chi connectivity index (χ2n) is 11.1. The second-order valence-corrected chi connectivity index (χ2v) is 11.1. The quantitative estimate of drug-likeness (QED) is 0.221. The van der Waals surface area contributed by atoms with Crippen molar-refractivity contribution < 1.29 is 0 Å². The molecule has 0 unspecified atom stereocenters. The molecule has 41 heavy (non-hydrogen) atoms. The lowest BCUT2D eigenvalue weighted by atomic mass is 9.69. The summed E-state index contributed by atoms with van der Waals surface area (Å²) in [6.07, 6.45) is 0. The molecular formula is C40H25N. The van der Waals surface area contributed by atoms with Gasteiger partial charge in [0, 0.05) is 22.1 Å². The van der Waals surface area contributed by atoms with Crippen molar-refractivity contribution in [2.45, 2.75) is 5.41 Å². The van der Waals surface area contributed by atoms with Gasteiger partial charge in [-0.25, -0.2) is 4.98 Å². The van der Waals surface area contributed by atoms with E-state index in [1.807, 2.05) is 0 Å². The Labute approximate surface area is 239 Å². The zero-order valence-electron chi connectivity index (χ0n) is 22.4. The topological polar surface area (TPSA) is 12.9 Å². The van der Waals surface area contributed by atoms with Crippen molar-refractivity contribution in [2.24, 2.45) is 0 Å². The number of rotatable bonds is 2. The molecule has 2 aliphatic rings. The van der Waals surface area contributed by atoms with Crippen LogP contribution >= 0.6 is 0 Å². The van der Waals surface area contributed by atoms with Gasteiger partial charge in [0.2, 0.25) is 0 Å². The van der Waals surface area contributed by atoms with Crippen LogP contribution in [0.4, 0.5) is 0 Å². The summed E-state index contributed by atoms with van der Waals surface area (Å²) in [6.45, 7) is 0. The van der Waals surface area contributed by atoms with Gasteiger partial charge in [0.15, 0.2) is 0 Å². The average molecular weight is 520 g/mol. The fraction of sp³-hybridized carbons (Fsp3) is 0.0250. The molecule has 1 aromatic heterocycles. The van der Waals surface area contributed by atoms with Crippen LogP contribution in [0.5, 0.6) is 0 Å². The number of aromatic nitrogens is 1. The van der Waals surface area contributed by atoms with Crippen molar-refractivity contribution in [3.05, 3.63) is 174 Å². The summed E-state index contributed by atoms with van der Waals surface area (Å²) in [7, 11) is 0. The summed E-state index contributed by atoms with van der Waals surface area (Å²) in [4.78, 5) is 5.59. The van der Waals surface area contributed by atoms with Crippen LogP contribution in [0.3, 0.4) is 0 Å². The smallest absolute Gasteiger partial charge is 0.0788 e. The Bertz CT molecular complexity index is 2110. The van der Waals surface area contributed by atoms with Crippen LogP contribution in [0.2, 0.25) is 0 Å². The van der Waals surface area contributed by atoms with E-state index in [1.165, 1.54) is 60.8 Å². The van der Waals surface area contributed by atoms with Gasteiger partial charge in [-0.15, -0.1) is 0 Å². The van der Waals surface area contributed by atoms with E-state index in [2.05, 4.69) is 152 Å². The Hall–Kier alpha value is -5.27. The second kappa shape index (κ2) is 8.36. The zero-order valence-corrected chi connectivity index (χ0v) is 22.4. The van der Waals surface area contributed by atoms with Crippen molar-refractivity contribution in [2.75, 3.05) is 0 Å². The molecule has 0 N–H and O–H groups in total. The molecule has 6 aromatic carbocycles. The van der Waals surface area contributed by atoms with Crippen LogP contribution in [0, 0.1) is 0 Å². The first-order valence-corrected chi connectivity index (χ1v) is 14.2. The molecule has 0 fully saturated rings. The van der Waals surface area contributed by atoms with Crippen molar-refractivity contribution >= 4 is 10.8 Å². The molecule has 0 radical (unpaired) electrons. The van der Waals surface area contributed by atoms with Crippen molar-refractivity contribution in [1.82, 2.24) is 4.98 Å². The fourth-order valence-electron chi connectivity index (χ4n) is 7.48. The van der Waals surface area contributed by atoms with Crippen molar-refractivity contribution in [3.63, 3.8) is 0 Å². The van der Waals surface area contributed by atoms with E-state index >= 15 is 0 Å². The van der Waals surface area contributed by atoms with Crippen LogP contribution in [-0.2, 0) is 5.41 Å². The molecule has 0 bridgehead atoms. The summed E-state index contributed by atoms with van der Waals surface area (Å²) in [6, 6.07) is 55.1. The zero-order chi connectivity index (χ0) is 27.0. The predicted molar refractivity (Wildman–Crippen MR) is 169 cm³/mol. The van der Waals surface area contributed by atoms with Gasteiger partial charge < -0.3 is 0 Å². The molecule has 0 aliphatic heterocycles. The average Bonchev–Trinajstić information content (AvgIpc) is 3.52. The number of hydrogen-bond donors (Lipinski definition) is 0. The lowest BCUT2D eigenvalue weighted by molar-refractivity contribution is 0.799. The summed E-state index contributed by atoms with van der Waals surface area (Å²) >= 11 is 0. The van der Waals surface area contributed by atoms with Gasteiger partial charge >= 0.3 is 0 Å². The maximum Gasteiger partial charge on any atom is 0.0788 e. The molecule has 1 nitrogen and oxygen atoms in total. The fourth-order valence-corrected chi connectivity index (χ4v) is 7.48. The van der Waals surface area contributed by atoms with E-state index in [-0.39, 0.29) is 0 Å². The third-order valence-electron chi connectivity index (χ3n) is 9.07. The van der Waals surface area contributed by atoms with Gasteiger partial charge in [-0.2, -0.15) is 0 Å². The Morgan fingerprint density at radius 2 is 0.878 bits per heavy atom. The summed E-state index contributed by atoms with van der Waals surface area (Å²) in [5, 5.41) is 2.45. The lowest BCUT2D eigenvalue weighted by Gasteiger charge is -2.31. The van der Waals surface area contributed by atoms with Gasteiger partial charge in [-0.3, -0.25) is 0 Å². The van der Waals surface area contributed by atoms with E-state index in [4.69, 9.17) is 4.98 Å². The maximum absolute atomic E-state index is 5.59. The third-order valence-corrected chi connectivity index (χ3v) is 9.07. The number of benzene rings is 6. The highest BCUT2D eigenvalue weighted by Gasteiger charge is 2.53. The van der Waals surface area contributed by atoms with Crippen LogP contribution in [0.25, 0.3) is 55.5 Å². The Morgan fingerprint density at radius 1 is 0.366 bits per heavy atom. The maximum atomic E-state index is 5.59. The molecule has 1 heterocycles. The van der Waals surface area contributed by atoms with Gasteiger partial charge in [0.25, 0.3) is 0 Å². The van der Waals surface area contributed by atoms with Crippen molar-refractivity contribution in [3.8, 4) is 44.8 Å². The van der Waals surface area contributed by atoms with Gasteiger partial charge in [-0.05, 0) is 50.4 Å². The molecule has 0 saturated carbocycles. The lowest BCUT2D eigenvalue weighted by Crippen LogP contribution is -2.26. The number of fused-ring (bicyclic) bond motifs is 12. The SMILES string of the molecule is c1ccc(-c2cccc(-c3nc4c(c5ccccc35)C3(c5ccccc5-c5ccccc53)c3ccccc3-4)c2)cc1. The molecular weight excluding hydrogens is 494 g/mol. The number of pyridine rings is 1. The van der Waals surface area contributed by atoms with E-state index in [0.717, 1.165) is 17.0 Å². The molecule has 1 heteroatoms. The molecule has 7 aromatic rings. The molecule has 0 saturated heterocycles. The first-order valence-electron chi connectivity index (χ1n) is 14.2. The third kappa shape index (κ3) is 2.93. The summed E-state index contributed by atoms with van der Waals surface area (Å²) < 4.78 is 0. The highest BCUT2D eigenvalue weighted by molar-refractivity contribution is 6.06. The van der Waals surface area contributed by atoms with Crippen molar-refractivity contribution in [1.29, 1.82) is 0 Å². The largest absolute Gasteiger partial charge is 0.247 e. The monoisotopic (exact) mass is 519 g/mol. The first kappa shape index (κ1) is 22.5. The highest BCUT2D eigenvalue weighted by atomic mass is 14.8. The van der Waals surface area contributed by atoms with E-state index in [9.17, 15) is 0 Å². The predicted octanol–water partition coefficient (Wildman–Crippen LogP) is 9.91. The number of nitrogens with zero attached hydrogens (tertiary/aromatic N) is 1. The minimum atomic E-state index is -0.407. The Balaban J connectivity index is 1.41. The normalized spacial score (nSPS) is 13.6.